The maximum atomic E-state index is 14.0. The zero-order chi connectivity index (χ0) is 34.5. The van der Waals surface area contributed by atoms with E-state index in [0.717, 1.165) is 0 Å². The van der Waals surface area contributed by atoms with Crippen LogP contribution in [-0.4, -0.2) is 107 Å². The van der Waals surface area contributed by atoms with Gasteiger partial charge in [0.15, 0.2) is 5.96 Å². The average Bonchev–Trinajstić information content (AvgIpc) is 3.72. The van der Waals surface area contributed by atoms with Gasteiger partial charge in [-0.1, -0.05) is 12.1 Å². The summed E-state index contributed by atoms with van der Waals surface area (Å²) >= 11 is 0. The van der Waals surface area contributed by atoms with Gasteiger partial charge in [0.25, 0.3) is 5.91 Å². The number of carboxylic acids is 1. The lowest BCUT2D eigenvalue weighted by Gasteiger charge is -2.31. The highest BCUT2D eigenvalue weighted by Crippen LogP contribution is 2.24. The highest BCUT2D eigenvalue weighted by atomic mass is 16.5. The molecule has 0 unspecified atom stereocenters. The van der Waals surface area contributed by atoms with E-state index in [0.29, 0.717) is 51.5 Å². The van der Waals surface area contributed by atoms with Crippen molar-refractivity contribution in [3.63, 3.8) is 0 Å². The Balaban J connectivity index is 1.80. The molecule has 9 N–H and O–H groups in total. The van der Waals surface area contributed by atoms with E-state index in [9.17, 15) is 33.9 Å². The SMILES string of the molecule is CC(=O)Oc1ccccc1C(=O)N[C@@H](CCCN=C(N)N)C(=O)N1CCC[C@H]1C(=O)N[C@@H](CCCCN)C(=O)N1CCC[C@H]1C(=O)O. The molecule has 1 aromatic rings. The second-order valence-electron chi connectivity index (χ2n) is 11.6. The maximum absolute atomic E-state index is 14.0. The van der Waals surface area contributed by atoms with Crippen molar-refractivity contribution < 1.29 is 38.6 Å². The van der Waals surface area contributed by atoms with Gasteiger partial charge < -0.3 is 47.5 Å². The number of para-hydroxylation sites is 1. The van der Waals surface area contributed by atoms with Crippen LogP contribution in [-0.2, 0) is 24.0 Å². The zero-order valence-corrected chi connectivity index (χ0v) is 26.7. The molecule has 4 atom stereocenters. The number of carbonyl (C=O) groups excluding carboxylic acids is 5. The first-order valence-corrected chi connectivity index (χ1v) is 15.9. The van der Waals surface area contributed by atoms with E-state index in [4.69, 9.17) is 21.9 Å². The van der Waals surface area contributed by atoms with Gasteiger partial charge in [0.05, 0.1) is 5.56 Å². The van der Waals surface area contributed by atoms with Crippen molar-refractivity contribution in [3.05, 3.63) is 29.8 Å². The van der Waals surface area contributed by atoms with E-state index in [1.54, 1.807) is 12.1 Å². The number of guanidine groups is 1. The number of benzene rings is 1. The summed E-state index contributed by atoms with van der Waals surface area (Å²) in [7, 11) is 0. The molecule has 0 radical (unpaired) electrons. The van der Waals surface area contributed by atoms with Crippen LogP contribution in [0.3, 0.4) is 0 Å². The molecule has 0 bridgehead atoms. The molecule has 4 amide bonds. The third kappa shape index (κ3) is 10.4. The lowest BCUT2D eigenvalue weighted by atomic mass is 10.0. The number of nitrogens with two attached hydrogens (primary N) is 3. The molecule has 2 aliphatic rings. The third-order valence-electron chi connectivity index (χ3n) is 8.16. The first kappa shape index (κ1) is 36.7. The molecule has 2 heterocycles. The Kier molecular flexibility index (Phi) is 13.9. The molecular weight excluding hydrogens is 612 g/mol. The number of rotatable bonds is 16. The summed E-state index contributed by atoms with van der Waals surface area (Å²) in [5.41, 5.74) is 16.5. The van der Waals surface area contributed by atoms with Crippen molar-refractivity contribution >= 4 is 41.5 Å². The van der Waals surface area contributed by atoms with Crippen LogP contribution >= 0.6 is 0 Å². The summed E-state index contributed by atoms with van der Waals surface area (Å²) in [6.07, 6.45) is 3.56. The highest BCUT2D eigenvalue weighted by Gasteiger charge is 2.41. The van der Waals surface area contributed by atoms with Crippen LogP contribution in [0.5, 0.6) is 5.75 Å². The first-order chi connectivity index (χ1) is 22.4. The number of amides is 4. The highest BCUT2D eigenvalue weighted by molar-refractivity contribution is 6.01. The number of hydrogen-bond donors (Lipinski definition) is 6. The molecule has 0 saturated carbocycles. The smallest absolute Gasteiger partial charge is 0.326 e. The molecule has 16 nitrogen and oxygen atoms in total. The number of likely N-dealkylation sites (tertiary alicyclic amines) is 2. The number of esters is 1. The second-order valence-corrected chi connectivity index (χ2v) is 11.6. The normalized spacial score (nSPS) is 18.6. The van der Waals surface area contributed by atoms with Crippen molar-refractivity contribution in [2.75, 3.05) is 26.2 Å². The first-order valence-electron chi connectivity index (χ1n) is 15.9. The van der Waals surface area contributed by atoms with Gasteiger partial charge >= 0.3 is 11.9 Å². The fourth-order valence-corrected chi connectivity index (χ4v) is 5.90. The summed E-state index contributed by atoms with van der Waals surface area (Å²) in [4.78, 5) is 84.5. The van der Waals surface area contributed by atoms with Crippen LogP contribution < -0.4 is 32.6 Å². The molecule has 0 aliphatic carbocycles. The van der Waals surface area contributed by atoms with Gasteiger partial charge in [0, 0.05) is 26.6 Å². The van der Waals surface area contributed by atoms with Gasteiger partial charge in [-0.05, 0) is 76.5 Å². The van der Waals surface area contributed by atoms with E-state index < -0.39 is 59.7 Å². The van der Waals surface area contributed by atoms with Gasteiger partial charge in [-0.3, -0.25) is 29.0 Å². The number of ether oxygens (including phenoxy) is 1. The number of nitrogens with zero attached hydrogens (tertiary/aromatic N) is 3. The molecule has 2 saturated heterocycles. The molecule has 3 rings (SSSR count). The zero-order valence-electron chi connectivity index (χ0n) is 26.7. The number of carboxylic acid groups (broad SMARTS) is 1. The van der Waals surface area contributed by atoms with E-state index in [1.165, 1.54) is 28.9 Å². The lowest BCUT2D eigenvalue weighted by molar-refractivity contribution is -0.150. The standard InChI is InChI=1S/C31H46N8O8/c1-19(40)47-25-14-3-2-9-20(25)26(41)36-22(11-6-16-35-31(33)34)28(43)38-17-7-12-23(38)27(42)37-21(10-4-5-15-32)29(44)39-18-8-13-24(39)30(45)46/h2-3,9,14,21-24H,4-8,10-13,15-18,32H2,1H3,(H,36,41)(H,37,42)(H,45,46)(H4,33,34,35)/t21-,22-,23-,24-/m0/s1. The summed E-state index contributed by atoms with van der Waals surface area (Å²) in [5, 5.41) is 15.1. The summed E-state index contributed by atoms with van der Waals surface area (Å²) in [6, 6.07) is 2.14. The molecule has 2 aliphatic heterocycles. The molecule has 16 heteroatoms. The predicted octanol–water partition coefficient (Wildman–Crippen LogP) is -0.556. The number of carbonyl (C=O) groups is 6. The van der Waals surface area contributed by atoms with Crippen LogP contribution in [0.1, 0.15) is 75.1 Å². The third-order valence-corrected chi connectivity index (χ3v) is 8.16. The summed E-state index contributed by atoms with van der Waals surface area (Å²) < 4.78 is 5.17. The summed E-state index contributed by atoms with van der Waals surface area (Å²) in [6.45, 7) is 2.30. The number of nitrogens with one attached hydrogen (secondary N) is 2. The van der Waals surface area contributed by atoms with Crippen molar-refractivity contribution in [2.45, 2.75) is 88.9 Å². The Bertz CT molecular complexity index is 1330. The van der Waals surface area contributed by atoms with Gasteiger partial charge in [0.1, 0.15) is 29.9 Å². The van der Waals surface area contributed by atoms with E-state index in [1.807, 2.05) is 0 Å². The molecular formula is C31H46N8O8. The predicted molar refractivity (Wildman–Crippen MR) is 171 cm³/mol. The Hall–Kier alpha value is -4.73. The molecule has 2 fully saturated rings. The van der Waals surface area contributed by atoms with Gasteiger partial charge in [-0.2, -0.15) is 0 Å². The van der Waals surface area contributed by atoms with Crippen LogP contribution in [0.4, 0.5) is 0 Å². The fourth-order valence-electron chi connectivity index (χ4n) is 5.90. The van der Waals surface area contributed by atoms with Crippen molar-refractivity contribution in [1.82, 2.24) is 20.4 Å². The number of aliphatic imine (C=N–C) groups is 1. The Labute approximate surface area is 273 Å². The minimum absolute atomic E-state index is 0.0242. The topological polar surface area (TPSA) is 253 Å². The Morgan fingerprint density at radius 1 is 0.915 bits per heavy atom. The molecule has 0 aromatic heterocycles. The van der Waals surface area contributed by atoms with Crippen molar-refractivity contribution in [1.29, 1.82) is 0 Å². The molecule has 47 heavy (non-hydrogen) atoms. The van der Waals surface area contributed by atoms with Gasteiger partial charge in [-0.15, -0.1) is 0 Å². The maximum Gasteiger partial charge on any atom is 0.326 e. The van der Waals surface area contributed by atoms with E-state index in [-0.39, 0.29) is 49.7 Å². The number of hydrogen-bond acceptors (Lipinski definition) is 9. The minimum atomic E-state index is -1.10. The van der Waals surface area contributed by atoms with Crippen LogP contribution in [0.15, 0.2) is 29.3 Å². The molecule has 1 aromatic carbocycles. The van der Waals surface area contributed by atoms with Crippen molar-refractivity contribution in [2.24, 2.45) is 22.2 Å². The Morgan fingerprint density at radius 2 is 1.51 bits per heavy atom. The summed E-state index contributed by atoms with van der Waals surface area (Å²) in [5.74, 6) is -4.01. The van der Waals surface area contributed by atoms with Crippen LogP contribution in [0.2, 0.25) is 0 Å². The van der Waals surface area contributed by atoms with Gasteiger partial charge in [-0.25, -0.2) is 4.79 Å². The lowest BCUT2D eigenvalue weighted by Crippen LogP contribution is -2.57. The largest absolute Gasteiger partial charge is 0.480 e. The minimum Gasteiger partial charge on any atom is -0.480 e. The van der Waals surface area contributed by atoms with Crippen molar-refractivity contribution in [3.8, 4) is 5.75 Å². The molecule has 0 spiro atoms. The van der Waals surface area contributed by atoms with E-state index >= 15 is 0 Å². The number of aliphatic carboxylic acids is 1. The monoisotopic (exact) mass is 658 g/mol. The quantitative estimate of drug-likeness (QED) is 0.0432. The van der Waals surface area contributed by atoms with Gasteiger partial charge in [0.2, 0.25) is 17.7 Å². The van der Waals surface area contributed by atoms with Crippen LogP contribution in [0, 0.1) is 0 Å². The van der Waals surface area contributed by atoms with Crippen LogP contribution in [0.25, 0.3) is 0 Å². The average molecular weight is 659 g/mol. The Morgan fingerprint density at radius 3 is 2.13 bits per heavy atom. The fraction of sp³-hybridized carbons (Fsp3) is 0.581. The second kappa shape index (κ2) is 17.8. The number of unbranched alkanes of at least 4 members (excludes halogenated alkanes) is 1. The molecule has 258 valence electrons. The van der Waals surface area contributed by atoms with E-state index in [2.05, 4.69) is 15.6 Å².